The summed E-state index contributed by atoms with van der Waals surface area (Å²) in [5.41, 5.74) is 0.328. The van der Waals surface area contributed by atoms with Crippen LogP contribution in [0.15, 0.2) is 24.3 Å². The number of hydrogen-bond donors (Lipinski definition) is 1. The Hall–Kier alpha value is -1.06. The Kier molecular flexibility index (Phi) is 4.48. The maximum Gasteiger partial charge on any atom is 0.118 e. The van der Waals surface area contributed by atoms with Crippen molar-refractivity contribution in [3.8, 4) is 5.75 Å². The summed E-state index contributed by atoms with van der Waals surface area (Å²) in [4.78, 5) is 2.45. The number of ether oxygens (including phenoxy) is 1. The molecule has 1 N–H and O–H groups in total. The molecule has 0 aromatic heterocycles. The first kappa shape index (κ1) is 14.4. The molecule has 3 heteroatoms. The zero-order chi connectivity index (χ0) is 13.9. The van der Waals surface area contributed by atoms with Gasteiger partial charge in [-0.1, -0.05) is 12.1 Å². The average Bonchev–Trinajstić information content (AvgIpc) is 2.62. The van der Waals surface area contributed by atoms with Crippen LogP contribution in [-0.2, 0) is 5.60 Å². The zero-order valence-corrected chi connectivity index (χ0v) is 12.2. The Morgan fingerprint density at radius 3 is 2.42 bits per heavy atom. The van der Waals surface area contributed by atoms with E-state index >= 15 is 0 Å². The largest absolute Gasteiger partial charge is 0.497 e. The fourth-order valence-corrected chi connectivity index (χ4v) is 2.85. The number of nitrogens with zero attached hydrogens (tertiary/aromatic N) is 1. The highest BCUT2D eigenvalue weighted by atomic mass is 16.5. The summed E-state index contributed by atoms with van der Waals surface area (Å²) in [6.45, 7) is 6.48. The highest BCUT2D eigenvalue weighted by Crippen LogP contribution is 2.34. The molecule has 1 atom stereocenters. The topological polar surface area (TPSA) is 32.7 Å². The molecule has 0 spiro atoms. The first-order chi connectivity index (χ1) is 9.05. The molecule has 106 valence electrons. The van der Waals surface area contributed by atoms with Crippen LogP contribution in [0.5, 0.6) is 5.75 Å². The van der Waals surface area contributed by atoms with Gasteiger partial charge in [-0.3, -0.25) is 0 Å². The minimum absolute atomic E-state index is 0.554. The van der Waals surface area contributed by atoms with Gasteiger partial charge >= 0.3 is 0 Å². The van der Waals surface area contributed by atoms with Crippen LogP contribution in [0.4, 0.5) is 0 Å². The highest BCUT2D eigenvalue weighted by Gasteiger charge is 2.32. The van der Waals surface area contributed by atoms with E-state index in [0.717, 1.165) is 43.7 Å². The molecule has 0 amide bonds. The van der Waals surface area contributed by atoms with E-state index in [1.54, 1.807) is 7.11 Å². The number of rotatable bonds is 3. The first-order valence-electron chi connectivity index (χ1n) is 7.16. The lowest BCUT2D eigenvalue weighted by atomic mass is 9.87. The van der Waals surface area contributed by atoms with Gasteiger partial charge in [0.15, 0.2) is 0 Å². The van der Waals surface area contributed by atoms with Crippen LogP contribution in [0.3, 0.4) is 0 Å². The molecule has 1 aliphatic rings. The number of aliphatic hydroxyl groups is 1. The minimum Gasteiger partial charge on any atom is -0.497 e. The van der Waals surface area contributed by atoms with Gasteiger partial charge in [0.1, 0.15) is 5.75 Å². The van der Waals surface area contributed by atoms with Gasteiger partial charge in [0.05, 0.1) is 12.7 Å². The molecular formula is C16H25NO2. The molecule has 1 saturated heterocycles. The maximum absolute atomic E-state index is 10.9. The molecule has 0 aliphatic carbocycles. The van der Waals surface area contributed by atoms with Crippen molar-refractivity contribution in [3.63, 3.8) is 0 Å². The molecule has 1 fully saturated rings. The second-order valence-corrected chi connectivity index (χ2v) is 5.74. The van der Waals surface area contributed by atoms with Crippen molar-refractivity contribution in [1.29, 1.82) is 0 Å². The molecule has 0 saturated carbocycles. The van der Waals surface area contributed by atoms with Gasteiger partial charge in [-0.05, 0) is 57.4 Å². The molecule has 3 nitrogen and oxygen atoms in total. The molecule has 1 unspecified atom stereocenters. The number of likely N-dealkylation sites (tertiary alicyclic amines) is 1. The second kappa shape index (κ2) is 5.93. The maximum atomic E-state index is 10.9. The van der Waals surface area contributed by atoms with Crippen molar-refractivity contribution in [2.75, 3.05) is 20.2 Å². The van der Waals surface area contributed by atoms with Gasteiger partial charge in [-0.15, -0.1) is 0 Å². The number of hydrogen-bond acceptors (Lipinski definition) is 3. The minimum atomic E-state index is -0.685. The van der Waals surface area contributed by atoms with E-state index in [4.69, 9.17) is 4.74 Å². The van der Waals surface area contributed by atoms with Crippen LogP contribution in [0.2, 0.25) is 0 Å². The summed E-state index contributed by atoms with van der Waals surface area (Å²) < 4.78 is 5.17. The summed E-state index contributed by atoms with van der Waals surface area (Å²) in [6.07, 6.45) is 2.68. The van der Waals surface area contributed by atoms with Gasteiger partial charge < -0.3 is 14.7 Å². The second-order valence-electron chi connectivity index (χ2n) is 5.74. The Bertz CT molecular complexity index is 402. The van der Waals surface area contributed by atoms with E-state index in [0.29, 0.717) is 6.04 Å². The summed E-state index contributed by atoms with van der Waals surface area (Å²) in [5.74, 6) is 0.838. The van der Waals surface area contributed by atoms with Gasteiger partial charge in [-0.25, -0.2) is 0 Å². The lowest BCUT2D eigenvalue weighted by molar-refractivity contribution is 0.0203. The van der Waals surface area contributed by atoms with Crippen molar-refractivity contribution in [2.24, 2.45) is 0 Å². The van der Waals surface area contributed by atoms with E-state index in [-0.39, 0.29) is 0 Å². The first-order valence-corrected chi connectivity index (χ1v) is 7.16. The lowest BCUT2D eigenvalue weighted by Gasteiger charge is -2.28. The number of benzene rings is 1. The Morgan fingerprint density at radius 2 is 1.84 bits per heavy atom. The SMILES string of the molecule is COc1ccc(C2(O)CCCN(C(C)C)CC2)cc1. The highest BCUT2D eigenvalue weighted by molar-refractivity contribution is 5.31. The molecule has 19 heavy (non-hydrogen) atoms. The quantitative estimate of drug-likeness (QED) is 0.910. The smallest absolute Gasteiger partial charge is 0.118 e. The van der Waals surface area contributed by atoms with Crippen molar-refractivity contribution in [2.45, 2.75) is 44.8 Å². The third-order valence-corrected chi connectivity index (χ3v) is 4.21. The standard InChI is InChI=1S/C16H25NO2/c1-13(2)17-11-4-9-16(18,10-12-17)14-5-7-15(19-3)8-6-14/h5-8,13,18H,4,9-12H2,1-3H3. The summed E-state index contributed by atoms with van der Waals surface area (Å²) in [7, 11) is 1.66. The van der Waals surface area contributed by atoms with Crippen LogP contribution >= 0.6 is 0 Å². The monoisotopic (exact) mass is 263 g/mol. The summed E-state index contributed by atoms with van der Waals surface area (Å²) >= 11 is 0. The van der Waals surface area contributed by atoms with Crippen molar-refractivity contribution >= 4 is 0 Å². The van der Waals surface area contributed by atoms with Crippen molar-refractivity contribution < 1.29 is 9.84 Å². The fourth-order valence-electron chi connectivity index (χ4n) is 2.85. The normalized spacial score (nSPS) is 25.3. The van der Waals surface area contributed by atoms with Crippen LogP contribution in [-0.4, -0.2) is 36.2 Å². The van der Waals surface area contributed by atoms with Gasteiger partial charge in [0, 0.05) is 12.6 Å². The van der Waals surface area contributed by atoms with E-state index < -0.39 is 5.60 Å². The molecule has 1 aromatic carbocycles. The molecule has 0 radical (unpaired) electrons. The molecular weight excluding hydrogens is 238 g/mol. The predicted molar refractivity (Wildman–Crippen MR) is 77.5 cm³/mol. The van der Waals surface area contributed by atoms with Crippen molar-refractivity contribution in [1.82, 2.24) is 4.90 Å². The third-order valence-electron chi connectivity index (χ3n) is 4.21. The Morgan fingerprint density at radius 1 is 1.16 bits per heavy atom. The molecule has 1 heterocycles. The van der Waals surface area contributed by atoms with Gasteiger partial charge in [0.25, 0.3) is 0 Å². The molecule has 2 rings (SSSR count). The summed E-state index contributed by atoms with van der Waals surface area (Å²) in [6, 6.07) is 8.39. The third kappa shape index (κ3) is 3.28. The van der Waals surface area contributed by atoms with Crippen LogP contribution < -0.4 is 4.74 Å². The molecule has 0 bridgehead atoms. The zero-order valence-electron chi connectivity index (χ0n) is 12.2. The van der Waals surface area contributed by atoms with Crippen molar-refractivity contribution in [3.05, 3.63) is 29.8 Å². The number of methoxy groups -OCH3 is 1. The van der Waals surface area contributed by atoms with E-state index in [1.807, 2.05) is 24.3 Å². The Balaban J connectivity index is 2.12. The van der Waals surface area contributed by atoms with Crippen LogP contribution in [0.1, 0.15) is 38.7 Å². The van der Waals surface area contributed by atoms with E-state index in [1.165, 1.54) is 0 Å². The van der Waals surface area contributed by atoms with Gasteiger partial charge in [0.2, 0.25) is 0 Å². The van der Waals surface area contributed by atoms with Gasteiger partial charge in [-0.2, -0.15) is 0 Å². The lowest BCUT2D eigenvalue weighted by Crippen LogP contribution is -2.33. The van der Waals surface area contributed by atoms with E-state index in [9.17, 15) is 5.11 Å². The van der Waals surface area contributed by atoms with E-state index in [2.05, 4.69) is 18.7 Å². The Labute approximate surface area is 116 Å². The fraction of sp³-hybridized carbons (Fsp3) is 0.625. The molecule has 1 aromatic rings. The summed E-state index contributed by atoms with van der Waals surface area (Å²) in [5, 5.41) is 10.9. The predicted octanol–water partition coefficient (Wildman–Crippen LogP) is 2.78. The molecule has 1 aliphatic heterocycles. The van der Waals surface area contributed by atoms with Crippen LogP contribution in [0.25, 0.3) is 0 Å². The van der Waals surface area contributed by atoms with Crippen LogP contribution in [0, 0.1) is 0 Å². The average molecular weight is 263 g/mol.